The van der Waals surface area contributed by atoms with Crippen LogP contribution in [-0.2, 0) is 0 Å². The summed E-state index contributed by atoms with van der Waals surface area (Å²) in [4.78, 5) is 2.25. The monoisotopic (exact) mass is 233 g/mol. The summed E-state index contributed by atoms with van der Waals surface area (Å²) in [6.45, 7) is 1.94. The molecule has 4 heteroatoms. The van der Waals surface area contributed by atoms with E-state index in [2.05, 4.69) is 34.3 Å². The maximum Gasteiger partial charge on any atom is 0.0970 e. The van der Waals surface area contributed by atoms with E-state index < -0.39 is 0 Å². The molecule has 1 aliphatic heterocycles. The smallest absolute Gasteiger partial charge is 0.0970 e. The first-order valence-electron chi connectivity index (χ1n) is 5.26. The van der Waals surface area contributed by atoms with E-state index in [0.717, 1.165) is 34.7 Å². The minimum absolute atomic E-state index is 0.725. The number of benzene rings is 1. The fraction of sp³-hybridized carbons (Fsp3) is 0.250. The van der Waals surface area contributed by atoms with Gasteiger partial charge in [-0.05, 0) is 18.7 Å². The highest BCUT2D eigenvalue weighted by Crippen LogP contribution is 2.29. The van der Waals surface area contributed by atoms with Gasteiger partial charge in [0, 0.05) is 18.5 Å². The van der Waals surface area contributed by atoms with Crippen molar-refractivity contribution in [2.24, 2.45) is 0 Å². The molecule has 1 N–H and O–H groups in total. The van der Waals surface area contributed by atoms with Crippen molar-refractivity contribution < 1.29 is 0 Å². The van der Waals surface area contributed by atoms with Crippen LogP contribution in [0.1, 0.15) is 5.69 Å². The van der Waals surface area contributed by atoms with Gasteiger partial charge < -0.3 is 0 Å². The zero-order valence-electron chi connectivity index (χ0n) is 9.00. The number of aromatic amines is 1. The molecule has 2 aromatic rings. The van der Waals surface area contributed by atoms with Crippen LogP contribution in [-0.4, -0.2) is 35.2 Å². The van der Waals surface area contributed by atoms with Crippen molar-refractivity contribution in [1.82, 2.24) is 15.1 Å². The zero-order valence-corrected chi connectivity index (χ0v) is 9.75. The van der Waals surface area contributed by atoms with Gasteiger partial charge >= 0.3 is 0 Å². The average molecular weight is 234 g/mol. The largest absolute Gasteiger partial charge is 0.298 e. The Bertz CT molecular complexity index is 571. The fourth-order valence-electron chi connectivity index (χ4n) is 2.11. The van der Waals surface area contributed by atoms with Crippen LogP contribution in [0.5, 0.6) is 0 Å². The van der Waals surface area contributed by atoms with E-state index in [1.807, 2.05) is 12.1 Å². The minimum Gasteiger partial charge on any atom is -0.298 e. The van der Waals surface area contributed by atoms with E-state index in [0.29, 0.717) is 0 Å². The third-order valence-electron chi connectivity index (χ3n) is 2.94. The minimum atomic E-state index is 0.725. The molecule has 3 rings (SSSR count). The SMILES string of the molecule is CN1CC=C(c2n[nH]c3c(Cl)cccc23)C1. The average Bonchev–Trinajstić information content (AvgIpc) is 2.84. The molecule has 3 nitrogen and oxygen atoms in total. The molecule has 1 aliphatic rings. The molecule has 0 fully saturated rings. The van der Waals surface area contributed by atoms with Gasteiger partial charge in [-0.15, -0.1) is 0 Å². The maximum atomic E-state index is 6.10. The Balaban J connectivity index is 2.15. The third-order valence-corrected chi connectivity index (χ3v) is 3.26. The number of hydrogen-bond donors (Lipinski definition) is 1. The Morgan fingerprint density at radius 2 is 2.31 bits per heavy atom. The second-order valence-corrected chi connectivity index (χ2v) is 4.57. The second-order valence-electron chi connectivity index (χ2n) is 4.16. The van der Waals surface area contributed by atoms with Gasteiger partial charge in [0.1, 0.15) is 0 Å². The van der Waals surface area contributed by atoms with Crippen LogP contribution in [0.15, 0.2) is 24.3 Å². The molecule has 0 bridgehead atoms. The lowest BCUT2D eigenvalue weighted by Crippen LogP contribution is -2.13. The van der Waals surface area contributed by atoms with Crippen LogP contribution in [0.4, 0.5) is 0 Å². The summed E-state index contributed by atoms with van der Waals surface area (Å²) in [5.74, 6) is 0. The van der Waals surface area contributed by atoms with Crippen LogP contribution in [0.3, 0.4) is 0 Å². The van der Waals surface area contributed by atoms with E-state index in [1.165, 1.54) is 5.57 Å². The highest BCUT2D eigenvalue weighted by molar-refractivity contribution is 6.35. The van der Waals surface area contributed by atoms with Gasteiger partial charge in [-0.2, -0.15) is 5.10 Å². The first-order valence-corrected chi connectivity index (χ1v) is 5.64. The summed E-state index contributed by atoms with van der Waals surface area (Å²) in [7, 11) is 2.10. The lowest BCUT2D eigenvalue weighted by molar-refractivity contribution is 0.438. The zero-order chi connectivity index (χ0) is 11.1. The summed E-state index contributed by atoms with van der Waals surface area (Å²) in [5, 5.41) is 9.21. The van der Waals surface area contributed by atoms with Crippen molar-refractivity contribution in [1.29, 1.82) is 0 Å². The lowest BCUT2D eigenvalue weighted by atomic mass is 10.1. The number of nitrogens with one attached hydrogen (secondary N) is 1. The number of nitrogens with zero attached hydrogens (tertiary/aromatic N) is 2. The van der Waals surface area contributed by atoms with Crippen LogP contribution in [0, 0.1) is 0 Å². The van der Waals surface area contributed by atoms with Crippen LogP contribution >= 0.6 is 11.6 Å². The fourth-order valence-corrected chi connectivity index (χ4v) is 2.33. The van der Waals surface area contributed by atoms with Crippen molar-refractivity contribution in [2.75, 3.05) is 20.1 Å². The number of rotatable bonds is 1. The highest BCUT2D eigenvalue weighted by atomic mass is 35.5. The Morgan fingerprint density at radius 3 is 3.06 bits per heavy atom. The van der Waals surface area contributed by atoms with E-state index in [-0.39, 0.29) is 0 Å². The molecule has 16 heavy (non-hydrogen) atoms. The van der Waals surface area contributed by atoms with Gasteiger partial charge in [0.2, 0.25) is 0 Å². The Labute approximate surface area is 98.7 Å². The van der Waals surface area contributed by atoms with Gasteiger partial charge in [0.25, 0.3) is 0 Å². The van der Waals surface area contributed by atoms with Crippen molar-refractivity contribution in [3.8, 4) is 0 Å². The highest BCUT2D eigenvalue weighted by Gasteiger charge is 2.17. The summed E-state index contributed by atoms with van der Waals surface area (Å²) in [5.41, 5.74) is 3.23. The predicted molar refractivity (Wildman–Crippen MR) is 66.6 cm³/mol. The molecule has 0 radical (unpaired) electrons. The molecule has 0 spiro atoms. The molecule has 0 atom stereocenters. The summed E-state index contributed by atoms with van der Waals surface area (Å²) >= 11 is 6.10. The molecule has 0 saturated heterocycles. The summed E-state index contributed by atoms with van der Waals surface area (Å²) < 4.78 is 0. The number of halogens is 1. The molecule has 1 aromatic carbocycles. The Hall–Kier alpha value is -1.32. The topological polar surface area (TPSA) is 31.9 Å². The quantitative estimate of drug-likeness (QED) is 0.821. The molecule has 0 amide bonds. The van der Waals surface area contributed by atoms with Gasteiger partial charge in [-0.1, -0.05) is 29.8 Å². The van der Waals surface area contributed by atoms with Gasteiger partial charge in [0.05, 0.1) is 16.2 Å². The van der Waals surface area contributed by atoms with Crippen LogP contribution in [0.2, 0.25) is 5.02 Å². The first kappa shape index (κ1) is 9.87. The van der Waals surface area contributed by atoms with Crippen molar-refractivity contribution >= 4 is 28.1 Å². The molecule has 82 valence electrons. The van der Waals surface area contributed by atoms with Crippen molar-refractivity contribution in [2.45, 2.75) is 0 Å². The molecule has 0 saturated carbocycles. The lowest BCUT2D eigenvalue weighted by Gasteiger charge is -2.06. The molecular formula is C12H12ClN3. The third kappa shape index (κ3) is 1.44. The first-order chi connectivity index (χ1) is 7.75. The molecule has 0 unspecified atom stereocenters. The molecule has 1 aromatic heterocycles. The number of H-pyrrole nitrogens is 1. The normalized spacial score (nSPS) is 17.0. The summed E-state index contributed by atoms with van der Waals surface area (Å²) in [6.07, 6.45) is 2.22. The van der Waals surface area contributed by atoms with Gasteiger partial charge in [-0.25, -0.2) is 0 Å². The summed E-state index contributed by atoms with van der Waals surface area (Å²) in [6, 6.07) is 5.89. The number of fused-ring (bicyclic) bond motifs is 1. The van der Waals surface area contributed by atoms with Crippen molar-refractivity contribution in [3.05, 3.63) is 35.0 Å². The van der Waals surface area contributed by atoms with E-state index in [4.69, 9.17) is 11.6 Å². The number of para-hydroxylation sites is 1. The van der Waals surface area contributed by atoms with Crippen LogP contribution < -0.4 is 0 Å². The number of likely N-dealkylation sites (N-methyl/N-ethyl adjacent to an activating group) is 1. The molecule has 0 aliphatic carbocycles. The van der Waals surface area contributed by atoms with E-state index in [9.17, 15) is 0 Å². The number of hydrogen-bond acceptors (Lipinski definition) is 2. The van der Waals surface area contributed by atoms with Crippen molar-refractivity contribution in [3.63, 3.8) is 0 Å². The molecular weight excluding hydrogens is 222 g/mol. The number of aromatic nitrogens is 2. The second kappa shape index (κ2) is 3.61. The van der Waals surface area contributed by atoms with Gasteiger partial charge in [0.15, 0.2) is 0 Å². The van der Waals surface area contributed by atoms with E-state index in [1.54, 1.807) is 0 Å². The standard InChI is InChI=1S/C12H12ClN3/c1-16-6-5-8(7-16)11-9-3-2-4-10(13)12(9)15-14-11/h2-5H,6-7H2,1H3,(H,14,15). The Morgan fingerprint density at radius 1 is 1.44 bits per heavy atom. The van der Waals surface area contributed by atoms with Gasteiger partial charge in [-0.3, -0.25) is 10.00 Å². The Kier molecular flexibility index (Phi) is 2.23. The predicted octanol–water partition coefficient (Wildman–Crippen LogP) is 2.55. The molecule has 2 heterocycles. The van der Waals surface area contributed by atoms with Crippen LogP contribution in [0.25, 0.3) is 16.5 Å². The maximum absolute atomic E-state index is 6.10. The van der Waals surface area contributed by atoms with E-state index >= 15 is 0 Å².